The predicted molar refractivity (Wildman–Crippen MR) is 66.4 cm³/mol. The van der Waals surface area contributed by atoms with Crippen LogP contribution in [0.15, 0.2) is 18.2 Å². The molecule has 0 aromatic carbocycles. The summed E-state index contributed by atoms with van der Waals surface area (Å²) in [6.45, 7) is 2.05. The molecule has 0 radical (unpaired) electrons. The molecule has 88 valence electrons. The van der Waals surface area contributed by atoms with Gasteiger partial charge in [0.05, 0.1) is 7.11 Å². The quantitative estimate of drug-likeness (QED) is 0.843. The van der Waals surface area contributed by atoms with Gasteiger partial charge in [0.25, 0.3) is 0 Å². The Morgan fingerprint density at radius 3 is 2.76 bits per heavy atom. The van der Waals surface area contributed by atoms with E-state index in [1.165, 1.54) is 0 Å². The summed E-state index contributed by atoms with van der Waals surface area (Å²) in [5.74, 6) is 1.10. The van der Waals surface area contributed by atoms with Crippen LogP contribution >= 0.6 is 12.2 Å². The summed E-state index contributed by atoms with van der Waals surface area (Å²) in [5.41, 5.74) is 1.67. The number of aromatic amines is 1. The Balaban J connectivity index is 2.44. The largest absolute Gasteiger partial charge is 0.480 e. The Kier molecular flexibility index (Phi) is 3.43. The molecule has 0 saturated carbocycles. The van der Waals surface area contributed by atoms with Gasteiger partial charge < -0.3 is 9.72 Å². The topological polar surface area (TPSA) is 63.7 Å². The van der Waals surface area contributed by atoms with Crippen LogP contribution in [0.4, 0.5) is 0 Å². The molecule has 1 N–H and O–H groups in total. The molecule has 5 nitrogen and oxygen atoms in total. The fourth-order valence-electron chi connectivity index (χ4n) is 1.37. The summed E-state index contributed by atoms with van der Waals surface area (Å²) in [4.78, 5) is 7.39. The Morgan fingerprint density at radius 1 is 1.35 bits per heavy atom. The minimum absolute atomic E-state index is 0.471. The first-order chi connectivity index (χ1) is 8.22. The van der Waals surface area contributed by atoms with Crippen molar-refractivity contribution in [3.8, 4) is 17.4 Å². The number of nitrogens with one attached hydrogen (secondary N) is 1. The number of ether oxygens (including phenoxy) is 1. The molecule has 2 heterocycles. The van der Waals surface area contributed by atoms with E-state index in [0.717, 1.165) is 12.1 Å². The second-order valence-electron chi connectivity index (χ2n) is 3.41. The van der Waals surface area contributed by atoms with Gasteiger partial charge in [0.15, 0.2) is 5.82 Å². The molecule has 0 amide bonds. The zero-order valence-corrected chi connectivity index (χ0v) is 10.4. The summed E-state index contributed by atoms with van der Waals surface area (Å²) in [6, 6.07) is 5.37. The van der Waals surface area contributed by atoms with Crippen LogP contribution in [-0.2, 0) is 6.42 Å². The van der Waals surface area contributed by atoms with Gasteiger partial charge >= 0.3 is 0 Å². The Hall–Kier alpha value is -1.82. The highest BCUT2D eigenvalue weighted by Crippen LogP contribution is 2.14. The normalized spacial score (nSPS) is 10.2. The van der Waals surface area contributed by atoms with Gasteiger partial charge in [-0.15, -0.1) is 10.2 Å². The molecular formula is C11H12N4OS. The van der Waals surface area contributed by atoms with Crippen LogP contribution in [0.2, 0.25) is 0 Å². The van der Waals surface area contributed by atoms with Gasteiger partial charge in [-0.3, -0.25) is 0 Å². The maximum Gasteiger partial charge on any atom is 0.233 e. The Labute approximate surface area is 104 Å². The number of hydrogen-bond donors (Lipinski definition) is 1. The summed E-state index contributed by atoms with van der Waals surface area (Å²) in [5, 5.41) is 7.91. The van der Waals surface area contributed by atoms with Crippen LogP contribution in [0.3, 0.4) is 0 Å². The molecule has 0 spiro atoms. The lowest BCUT2D eigenvalue weighted by atomic mass is 10.3. The van der Waals surface area contributed by atoms with Crippen LogP contribution in [-0.4, -0.2) is 27.3 Å². The standard InChI is InChI=1S/C11H12N4OS/c1-3-7-6-10(17)13-11(12-7)8-4-5-9(16-2)15-14-8/h4-6H,3H2,1-2H3,(H,12,13,17). The van der Waals surface area contributed by atoms with E-state index in [4.69, 9.17) is 17.0 Å². The van der Waals surface area contributed by atoms with Crippen molar-refractivity contribution in [2.75, 3.05) is 7.11 Å². The number of rotatable bonds is 3. The van der Waals surface area contributed by atoms with E-state index < -0.39 is 0 Å². The molecule has 2 aromatic heterocycles. The molecule has 0 aliphatic heterocycles. The maximum atomic E-state index is 5.10. The molecule has 0 aliphatic rings. The van der Waals surface area contributed by atoms with Crippen LogP contribution in [0.1, 0.15) is 12.6 Å². The minimum atomic E-state index is 0.471. The van der Waals surface area contributed by atoms with Gasteiger partial charge in [0.2, 0.25) is 5.88 Å². The fourth-order valence-corrected chi connectivity index (χ4v) is 1.61. The highest BCUT2D eigenvalue weighted by atomic mass is 32.1. The van der Waals surface area contributed by atoms with Crippen molar-refractivity contribution in [1.82, 2.24) is 20.2 Å². The van der Waals surface area contributed by atoms with Crippen molar-refractivity contribution in [2.45, 2.75) is 13.3 Å². The molecule has 0 aliphatic carbocycles. The van der Waals surface area contributed by atoms with E-state index >= 15 is 0 Å². The SMILES string of the molecule is CCc1cc(=S)nc(-c2ccc(OC)nn2)[nH]1. The Bertz CT molecular complexity index is 564. The number of aromatic nitrogens is 4. The molecule has 6 heteroatoms. The smallest absolute Gasteiger partial charge is 0.233 e. The van der Waals surface area contributed by atoms with E-state index in [1.54, 1.807) is 19.2 Å². The van der Waals surface area contributed by atoms with Crippen LogP contribution in [0.25, 0.3) is 11.5 Å². The van der Waals surface area contributed by atoms with Crippen molar-refractivity contribution in [2.24, 2.45) is 0 Å². The third kappa shape index (κ3) is 2.65. The summed E-state index contributed by atoms with van der Waals surface area (Å²) >= 11 is 5.10. The van der Waals surface area contributed by atoms with E-state index in [9.17, 15) is 0 Å². The molecule has 0 bridgehead atoms. The summed E-state index contributed by atoms with van der Waals surface area (Å²) in [7, 11) is 1.55. The molecule has 2 aromatic rings. The van der Waals surface area contributed by atoms with Gasteiger partial charge in [0, 0.05) is 11.8 Å². The average molecular weight is 248 g/mol. The van der Waals surface area contributed by atoms with Gasteiger partial charge in [-0.25, -0.2) is 4.98 Å². The Morgan fingerprint density at radius 2 is 2.18 bits per heavy atom. The second-order valence-corrected chi connectivity index (χ2v) is 3.83. The number of hydrogen-bond acceptors (Lipinski definition) is 5. The number of H-pyrrole nitrogens is 1. The first-order valence-corrected chi connectivity index (χ1v) is 5.62. The van der Waals surface area contributed by atoms with Crippen molar-refractivity contribution < 1.29 is 4.74 Å². The highest BCUT2D eigenvalue weighted by Gasteiger charge is 2.04. The van der Waals surface area contributed by atoms with Gasteiger partial charge in [-0.05, 0) is 18.6 Å². The van der Waals surface area contributed by atoms with Crippen LogP contribution < -0.4 is 4.74 Å². The van der Waals surface area contributed by atoms with Crippen molar-refractivity contribution in [3.05, 3.63) is 28.5 Å². The zero-order valence-electron chi connectivity index (χ0n) is 9.60. The number of methoxy groups -OCH3 is 1. The van der Waals surface area contributed by atoms with Crippen LogP contribution in [0.5, 0.6) is 5.88 Å². The van der Waals surface area contributed by atoms with Gasteiger partial charge in [-0.2, -0.15) is 0 Å². The van der Waals surface area contributed by atoms with E-state index in [2.05, 4.69) is 20.2 Å². The summed E-state index contributed by atoms with van der Waals surface area (Å²) in [6.07, 6.45) is 0.864. The first-order valence-electron chi connectivity index (χ1n) is 5.21. The zero-order chi connectivity index (χ0) is 12.3. The molecule has 0 atom stereocenters. The van der Waals surface area contributed by atoms with Crippen molar-refractivity contribution in [1.29, 1.82) is 0 Å². The first kappa shape index (κ1) is 11.7. The maximum absolute atomic E-state index is 5.10. The minimum Gasteiger partial charge on any atom is -0.480 e. The summed E-state index contributed by atoms with van der Waals surface area (Å²) < 4.78 is 5.50. The molecule has 17 heavy (non-hydrogen) atoms. The van der Waals surface area contributed by atoms with E-state index in [1.807, 2.05) is 13.0 Å². The molecule has 0 unspecified atom stereocenters. The molecule has 0 saturated heterocycles. The van der Waals surface area contributed by atoms with Crippen LogP contribution in [0, 0.1) is 4.64 Å². The lowest BCUT2D eigenvalue weighted by Crippen LogP contribution is -1.98. The fraction of sp³-hybridized carbons (Fsp3) is 0.273. The lowest BCUT2D eigenvalue weighted by Gasteiger charge is -2.03. The molecule has 2 rings (SSSR count). The van der Waals surface area contributed by atoms with Crippen molar-refractivity contribution >= 4 is 12.2 Å². The molecular weight excluding hydrogens is 236 g/mol. The monoisotopic (exact) mass is 248 g/mol. The van der Waals surface area contributed by atoms with E-state index in [0.29, 0.717) is 22.0 Å². The average Bonchev–Trinajstić information content (AvgIpc) is 2.38. The number of nitrogens with zero attached hydrogens (tertiary/aromatic N) is 3. The molecule has 0 fully saturated rings. The second kappa shape index (κ2) is 5.01. The third-order valence-electron chi connectivity index (χ3n) is 2.27. The van der Waals surface area contributed by atoms with Crippen molar-refractivity contribution in [3.63, 3.8) is 0 Å². The number of aryl methyl sites for hydroxylation is 1. The van der Waals surface area contributed by atoms with E-state index in [-0.39, 0.29) is 0 Å². The van der Waals surface area contributed by atoms with Gasteiger partial charge in [-0.1, -0.05) is 19.1 Å². The third-order valence-corrected chi connectivity index (χ3v) is 2.48. The lowest BCUT2D eigenvalue weighted by molar-refractivity contribution is 0.392. The highest BCUT2D eigenvalue weighted by molar-refractivity contribution is 7.71. The predicted octanol–water partition coefficient (Wildman–Crippen LogP) is 2.17. The van der Waals surface area contributed by atoms with Gasteiger partial charge in [0.1, 0.15) is 10.3 Å².